The van der Waals surface area contributed by atoms with Gasteiger partial charge in [-0.05, 0) is 6.92 Å². The highest BCUT2D eigenvalue weighted by molar-refractivity contribution is 5.86. The fourth-order valence-corrected chi connectivity index (χ4v) is 0.639. The molecule has 0 aliphatic heterocycles. The van der Waals surface area contributed by atoms with Crippen molar-refractivity contribution in [1.29, 1.82) is 0 Å². The van der Waals surface area contributed by atoms with Crippen LogP contribution in [0.4, 0.5) is 0 Å². The van der Waals surface area contributed by atoms with Crippen LogP contribution in [0, 0.1) is 5.92 Å². The van der Waals surface area contributed by atoms with E-state index in [0.717, 1.165) is 0 Å². The second-order valence-corrected chi connectivity index (χ2v) is 3.30. The molecular formula is C9H19N3O. The van der Waals surface area contributed by atoms with Gasteiger partial charge in [0.2, 0.25) is 5.91 Å². The molecule has 0 aromatic rings. The van der Waals surface area contributed by atoms with E-state index in [0.29, 0.717) is 12.4 Å². The van der Waals surface area contributed by atoms with Gasteiger partial charge in [-0.15, -0.1) is 0 Å². The molecule has 4 nitrogen and oxygen atoms in total. The minimum Gasteiger partial charge on any atom is -0.387 e. The summed E-state index contributed by atoms with van der Waals surface area (Å²) in [5.74, 6) is 0.753. The van der Waals surface area contributed by atoms with Crippen molar-refractivity contribution < 1.29 is 4.79 Å². The van der Waals surface area contributed by atoms with Crippen LogP contribution >= 0.6 is 0 Å². The summed E-state index contributed by atoms with van der Waals surface area (Å²) >= 11 is 0. The topological polar surface area (TPSA) is 58.7 Å². The number of rotatable bonds is 4. The van der Waals surface area contributed by atoms with Crippen molar-refractivity contribution in [1.82, 2.24) is 4.90 Å². The van der Waals surface area contributed by atoms with Gasteiger partial charge in [0.25, 0.3) is 0 Å². The number of carbonyl (C=O) groups is 1. The van der Waals surface area contributed by atoms with Crippen LogP contribution in [-0.4, -0.2) is 36.8 Å². The molecule has 2 N–H and O–H groups in total. The molecule has 0 rings (SSSR count). The first-order valence-electron chi connectivity index (χ1n) is 4.52. The van der Waals surface area contributed by atoms with Crippen molar-refractivity contribution in [2.45, 2.75) is 20.8 Å². The average molecular weight is 185 g/mol. The highest BCUT2D eigenvalue weighted by Gasteiger charge is 2.05. The van der Waals surface area contributed by atoms with Gasteiger partial charge in [-0.2, -0.15) is 0 Å². The van der Waals surface area contributed by atoms with Crippen molar-refractivity contribution in [3.63, 3.8) is 0 Å². The number of amidine groups is 1. The summed E-state index contributed by atoms with van der Waals surface area (Å²) in [6.07, 6.45) is 0. The van der Waals surface area contributed by atoms with E-state index >= 15 is 0 Å². The predicted molar refractivity (Wildman–Crippen MR) is 54.6 cm³/mol. The average Bonchev–Trinajstić information content (AvgIpc) is 2.11. The van der Waals surface area contributed by atoms with Gasteiger partial charge in [-0.3, -0.25) is 9.79 Å². The molecule has 76 valence electrons. The molecule has 13 heavy (non-hydrogen) atoms. The number of amides is 1. The molecule has 0 aromatic carbocycles. The maximum Gasteiger partial charge on any atom is 0.244 e. The summed E-state index contributed by atoms with van der Waals surface area (Å²) in [6, 6.07) is 0. The normalized spacial score (nSPS) is 11.9. The third-order valence-electron chi connectivity index (χ3n) is 1.89. The molecule has 1 amide bonds. The Bertz CT molecular complexity index is 199. The second-order valence-electron chi connectivity index (χ2n) is 3.30. The molecule has 0 atom stereocenters. The molecule has 0 bridgehead atoms. The maximum atomic E-state index is 11.3. The third-order valence-corrected chi connectivity index (χ3v) is 1.89. The lowest BCUT2D eigenvalue weighted by molar-refractivity contribution is -0.128. The second kappa shape index (κ2) is 5.56. The number of aliphatic imine (C=N–C) groups is 1. The van der Waals surface area contributed by atoms with Gasteiger partial charge in [0.05, 0.1) is 5.84 Å². The van der Waals surface area contributed by atoms with Gasteiger partial charge in [-0.1, -0.05) is 13.8 Å². The molecule has 0 aliphatic carbocycles. The molecule has 0 saturated heterocycles. The molecule has 0 spiro atoms. The first-order valence-corrected chi connectivity index (χ1v) is 4.52. The molecule has 4 heteroatoms. The van der Waals surface area contributed by atoms with Crippen molar-refractivity contribution in [3.05, 3.63) is 0 Å². The Kier molecular flexibility index (Phi) is 5.11. The van der Waals surface area contributed by atoms with Crippen molar-refractivity contribution in [3.8, 4) is 0 Å². The van der Waals surface area contributed by atoms with Crippen molar-refractivity contribution in [2.75, 3.05) is 20.1 Å². The lowest BCUT2D eigenvalue weighted by atomic mass is 10.2. The number of likely N-dealkylation sites (N-methyl/N-ethyl adjacent to an activating group) is 1. The van der Waals surface area contributed by atoms with Crippen LogP contribution < -0.4 is 5.73 Å². The Hall–Kier alpha value is -1.06. The van der Waals surface area contributed by atoms with Crippen LogP contribution in [0.5, 0.6) is 0 Å². The fourth-order valence-electron chi connectivity index (χ4n) is 0.639. The number of nitrogens with two attached hydrogens (primary N) is 1. The molecule has 0 fully saturated rings. The van der Waals surface area contributed by atoms with Crippen LogP contribution in [0.15, 0.2) is 4.99 Å². The zero-order chi connectivity index (χ0) is 10.4. The third kappa shape index (κ3) is 4.50. The molecule has 0 aromatic heterocycles. The zero-order valence-electron chi connectivity index (χ0n) is 8.87. The molecule has 0 unspecified atom stereocenters. The molecular weight excluding hydrogens is 166 g/mol. The lowest BCUT2D eigenvalue weighted by Gasteiger charge is -2.13. The van der Waals surface area contributed by atoms with E-state index in [1.165, 1.54) is 0 Å². The lowest BCUT2D eigenvalue weighted by Crippen LogP contribution is -2.30. The van der Waals surface area contributed by atoms with Crippen molar-refractivity contribution >= 4 is 11.7 Å². The van der Waals surface area contributed by atoms with Gasteiger partial charge in [0.1, 0.15) is 6.54 Å². The van der Waals surface area contributed by atoms with Gasteiger partial charge < -0.3 is 10.6 Å². The number of nitrogens with zero attached hydrogens (tertiary/aromatic N) is 2. The van der Waals surface area contributed by atoms with Gasteiger partial charge in [0.15, 0.2) is 0 Å². The summed E-state index contributed by atoms with van der Waals surface area (Å²) in [6.45, 7) is 6.69. The standard InChI is InChI=1S/C9H19N3O/c1-5-12(4)8(13)6-11-9(10)7(2)3/h7H,5-6H2,1-4H3,(H2,10,11). The van der Waals surface area contributed by atoms with E-state index in [1.54, 1.807) is 11.9 Å². The quantitative estimate of drug-likeness (QED) is 0.511. The highest BCUT2D eigenvalue weighted by Crippen LogP contribution is 1.92. The monoisotopic (exact) mass is 185 g/mol. The minimum atomic E-state index is 0.00565. The van der Waals surface area contributed by atoms with E-state index in [1.807, 2.05) is 20.8 Å². The Labute approximate surface area is 79.8 Å². The predicted octanol–water partition coefficient (Wildman–Crippen LogP) is 0.478. The zero-order valence-corrected chi connectivity index (χ0v) is 8.87. The Morgan fingerprint density at radius 2 is 2.08 bits per heavy atom. The van der Waals surface area contributed by atoms with Crippen LogP contribution in [0.2, 0.25) is 0 Å². The van der Waals surface area contributed by atoms with E-state index in [-0.39, 0.29) is 18.4 Å². The minimum absolute atomic E-state index is 0.00565. The number of hydrogen-bond acceptors (Lipinski definition) is 2. The van der Waals surface area contributed by atoms with Gasteiger partial charge >= 0.3 is 0 Å². The molecule has 0 saturated carbocycles. The highest BCUT2D eigenvalue weighted by atomic mass is 16.2. The van der Waals surface area contributed by atoms with Crippen LogP contribution in [-0.2, 0) is 4.79 Å². The first kappa shape index (κ1) is 11.9. The van der Waals surface area contributed by atoms with E-state index < -0.39 is 0 Å². The van der Waals surface area contributed by atoms with Crippen LogP contribution in [0.3, 0.4) is 0 Å². The maximum absolute atomic E-state index is 11.3. The fraction of sp³-hybridized carbons (Fsp3) is 0.778. The summed E-state index contributed by atoms with van der Waals surface area (Å²) in [5.41, 5.74) is 5.59. The number of carbonyl (C=O) groups excluding carboxylic acids is 1. The van der Waals surface area contributed by atoms with E-state index in [4.69, 9.17) is 5.73 Å². The van der Waals surface area contributed by atoms with E-state index in [9.17, 15) is 4.79 Å². The van der Waals surface area contributed by atoms with Crippen molar-refractivity contribution in [2.24, 2.45) is 16.6 Å². The van der Waals surface area contributed by atoms with Crippen LogP contribution in [0.1, 0.15) is 20.8 Å². The summed E-state index contributed by atoms with van der Waals surface area (Å²) < 4.78 is 0. The van der Waals surface area contributed by atoms with Crippen LogP contribution in [0.25, 0.3) is 0 Å². The first-order chi connectivity index (χ1) is 5.99. The molecule has 0 aliphatic rings. The smallest absolute Gasteiger partial charge is 0.244 e. The summed E-state index contributed by atoms with van der Waals surface area (Å²) in [7, 11) is 1.75. The van der Waals surface area contributed by atoms with E-state index in [2.05, 4.69) is 4.99 Å². The SMILES string of the molecule is CCN(C)C(=O)CN=C(N)C(C)C. The summed E-state index contributed by atoms with van der Waals surface area (Å²) in [4.78, 5) is 16.9. The Morgan fingerprint density at radius 1 is 1.54 bits per heavy atom. The Balaban J connectivity index is 4.01. The Morgan fingerprint density at radius 3 is 2.46 bits per heavy atom. The largest absolute Gasteiger partial charge is 0.387 e. The summed E-state index contributed by atoms with van der Waals surface area (Å²) in [5, 5.41) is 0. The number of hydrogen-bond donors (Lipinski definition) is 1. The van der Waals surface area contributed by atoms with Gasteiger partial charge in [0, 0.05) is 19.5 Å². The van der Waals surface area contributed by atoms with Gasteiger partial charge in [-0.25, -0.2) is 0 Å². The molecule has 0 heterocycles. The molecule has 0 radical (unpaired) electrons.